The molecule has 0 aromatic carbocycles. The van der Waals surface area contributed by atoms with Gasteiger partial charge in [0.25, 0.3) is 0 Å². The van der Waals surface area contributed by atoms with Crippen LogP contribution in [0.15, 0.2) is 29.9 Å². The van der Waals surface area contributed by atoms with Crippen molar-refractivity contribution in [1.82, 2.24) is 20.6 Å². The Morgan fingerprint density at radius 1 is 1.35 bits per heavy atom. The molecule has 1 amide bonds. The van der Waals surface area contributed by atoms with Crippen LogP contribution in [0.3, 0.4) is 0 Å². The van der Waals surface area contributed by atoms with Crippen LogP contribution in [0.2, 0.25) is 0 Å². The molecule has 0 radical (unpaired) electrons. The maximum atomic E-state index is 12.0. The average molecular weight is 330 g/mol. The van der Waals surface area contributed by atoms with Gasteiger partial charge in [-0.3, -0.25) is 9.78 Å². The summed E-state index contributed by atoms with van der Waals surface area (Å²) >= 11 is 1.67. The van der Waals surface area contributed by atoms with Gasteiger partial charge in [0.15, 0.2) is 0 Å². The Morgan fingerprint density at radius 2 is 2.22 bits per heavy atom. The second-order valence-corrected chi connectivity index (χ2v) is 6.70. The minimum atomic E-state index is 0.00176. The second-order valence-electron chi connectivity index (χ2n) is 5.76. The zero-order chi connectivity index (χ0) is 15.9. The molecule has 0 bridgehead atoms. The number of amides is 1. The number of carbonyl (C=O) groups excluding carboxylic acids is 1. The third kappa shape index (κ3) is 4.59. The number of pyridine rings is 1. The van der Waals surface area contributed by atoms with Crippen LogP contribution in [-0.2, 0) is 11.2 Å². The van der Waals surface area contributed by atoms with Gasteiger partial charge in [-0.05, 0) is 37.9 Å². The monoisotopic (exact) mass is 330 g/mol. The van der Waals surface area contributed by atoms with E-state index in [4.69, 9.17) is 0 Å². The predicted octanol–water partition coefficient (Wildman–Crippen LogP) is 2.40. The molecule has 2 aromatic heterocycles. The molecule has 0 unspecified atom stereocenters. The van der Waals surface area contributed by atoms with Gasteiger partial charge in [0.1, 0.15) is 0 Å². The summed E-state index contributed by atoms with van der Waals surface area (Å²) in [5.74, 6) is 0.140. The van der Waals surface area contributed by atoms with Crippen LogP contribution in [0.25, 0.3) is 11.3 Å². The van der Waals surface area contributed by atoms with Crippen molar-refractivity contribution in [2.45, 2.75) is 38.1 Å². The third-order valence-corrected chi connectivity index (χ3v) is 4.93. The molecule has 2 N–H and O–H groups in total. The van der Waals surface area contributed by atoms with Gasteiger partial charge < -0.3 is 10.6 Å². The highest BCUT2D eigenvalue weighted by Gasteiger charge is 2.19. The number of hydrogen-bond acceptors (Lipinski definition) is 5. The number of rotatable bonds is 6. The van der Waals surface area contributed by atoms with Gasteiger partial charge in [-0.1, -0.05) is 6.42 Å². The molecule has 0 spiro atoms. The van der Waals surface area contributed by atoms with Gasteiger partial charge >= 0.3 is 0 Å². The summed E-state index contributed by atoms with van der Waals surface area (Å²) in [5, 5.41) is 9.49. The molecule has 1 fully saturated rings. The summed E-state index contributed by atoms with van der Waals surface area (Å²) in [6.45, 7) is 1.66. The van der Waals surface area contributed by atoms with Crippen LogP contribution in [0, 0.1) is 0 Å². The standard InChI is InChI=1S/C17H22N4OS/c22-17(14-4-1-2-8-19-14)20-9-3-5-16-21-15(12-23-16)13-6-10-18-11-7-13/h6-7,10-12,14,19H,1-5,8-9H2,(H,20,22)/t14-/m1/s1. The van der Waals surface area contributed by atoms with E-state index in [1.165, 1.54) is 6.42 Å². The van der Waals surface area contributed by atoms with Gasteiger partial charge in [0, 0.05) is 36.3 Å². The molecule has 122 valence electrons. The molecular weight excluding hydrogens is 308 g/mol. The molecular formula is C17H22N4OS. The largest absolute Gasteiger partial charge is 0.355 e. The quantitative estimate of drug-likeness (QED) is 0.798. The van der Waals surface area contributed by atoms with E-state index >= 15 is 0 Å². The predicted molar refractivity (Wildman–Crippen MR) is 92.3 cm³/mol. The lowest BCUT2D eigenvalue weighted by Gasteiger charge is -2.22. The van der Waals surface area contributed by atoms with Gasteiger partial charge in [-0.15, -0.1) is 11.3 Å². The summed E-state index contributed by atoms with van der Waals surface area (Å²) in [5.41, 5.74) is 2.10. The molecule has 3 heterocycles. The summed E-state index contributed by atoms with van der Waals surface area (Å²) in [6.07, 6.45) is 8.64. The zero-order valence-corrected chi connectivity index (χ0v) is 13.9. The van der Waals surface area contributed by atoms with E-state index in [-0.39, 0.29) is 11.9 Å². The highest BCUT2D eigenvalue weighted by molar-refractivity contribution is 7.09. The van der Waals surface area contributed by atoms with Crippen molar-refractivity contribution in [2.75, 3.05) is 13.1 Å². The normalized spacial score (nSPS) is 17.8. The number of carbonyl (C=O) groups is 1. The molecule has 1 atom stereocenters. The number of piperidine rings is 1. The van der Waals surface area contributed by atoms with Crippen LogP contribution < -0.4 is 10.6 Å². The molecule has 6 heteroatoms. The van der Waals surface area contributed by atoms with Crippen molar-refractivity contribution in [2.24, 2.45) is 0 Å². The first kappa shape index (κ1) is 16.1. The lowest BCUT2D eigenvalue weighted by molar-refractivity contribution is -0.123. The van der Waals surface area contributed by atoms with E-state index in [1.807, 2.05) is 12.1 Å². The topological polar surface area (TPSA) is 66.9 Å². The smallest absolute Gasteiger partial charge is 0.237 e. The lowest BCUT2D eigenvalue weighted by atomic mass is 10.0. The van der Waals surface area contributed by atoms with Gasteiger partial charge in [-0.25, -0.2) is 4.98 Å². The fourth-order valence-corrected chi connectivity index (χ4v) is 3.58. The Labute approximate surface area is 140 Å². The van der Waals surface area contributed by atoms with Crippen LogP contribution in [0.4, 0.5) is 0 Å². The van der Waals surface area contributed by atoms with E-state index in [0.29, 0.717) is 6.54 Å². The molecule has 1 aliphatic heterocycles. The molecule has 1 aliphatic rings. The van der Waals surface area contributed by atoms with Crippen molar-refractivity contribution in [3.05, 3.63) is 34.9 Å². The number of thiazole rings is 1. The molecule has 5 nitrogen and oxygen atoms in total. The van der Waals surface area contributed by atoms with Gasteiger partial charge in [0.05, 0.1) is 16.7 Å². The van der Waals surface area contributed by atoms with E-state index < -0.39 is 0 Å². The van der Waals surface area contributed by atoms with Crippen molar-refractivity contribution in [3.63, 3.8) is 0 Å². The van der Waals surface area contributed by atoms with E-state index in [9.17, 15) is 4.79 Å². The van der Waals surface area contributed by atoms with Crippen molar-refractivity contribution < 1.29 is 4.79 Å². The van der Waals surface area contributed by atoms with Crippen molar-refractivity contribution >= 4 is 17.2 Å². The average Bonchev–Trinajstić information content (AvgIpc) is 3.09. The van der Waals surface area contributed by atoms with E-state index in [1.54, 1.807) is 23.7 Å². The SMILES string of the molecule is O=C(NCCCc1nc(-c2ccncc2)cs1)[C@H]1CCCCN1. The number of hydrogen-bond donors (Lipinski definition) is 2. The Kier molecular flexibility index (Phi) is 5.71. The maximum absolute atomic E-state index is 12.0. The van der Waals surface area contributed by atoms with E-state index in [2.05, 4.69) is 26.0 Å². The van der Waals surface area contributed by atoms with Crippen molar-refractivity contribution in [1.29, 1.82) is 0 Å². The molecule has 1 saturated heterocycles. The fraction of sp³-hybridized carbons (Fsp3) is 0.471. The zero-order valence-electron chi connectivity index (χ0n) is 13.1. The van der Waals surface area contributed by atoms with Crippen LogP contribution in [0.5, 0.6) is 0 Å². The Hall–Kier alpha value is -1.79. The summed E-state index contributed by atoms with van der Waals surface area (Å²) in [6, 6.07) is 3.94. The lowest BCUT2D eigenvalue weighted by Crippen LogP contribution is -2.46. The first-order chi connectivity index (χ1) is 11.3. The maximum Gasteiger partial charge on any atom is 0.237 e. The van der Waals surface area contributed by atoms with Crippen LogP contribution in [0.1, 0.15) is 30.7 Å². The minimum absolute atomic E-state index is 0.00176. The van der Waals surface area contributed by atoms with Gasteiger partial charge in [0.2, 0.25) is 5.91 Å². The van der Waals surface area contributed by atoms with Crippen molar-refractivity contribution in [3.8, 4) is 11.3 Å². The first-order valence-corrected chi connectivity index (χ1v) is 9.07. The summed E-state index contributed by atoms with van der Waals surface area (Å²) in [7, 11) is 0. The van der Waals surface area contributed by atoms with Gasteiger partial charge in [-0.2, -0.15) is 0 Å². The molecule has 3 rings (SSSR count). The molecule has 0 saturated carbocycles. The van der Waals surface area contributed by atoms with E-state index in [0.717, 1.165) is 48.5 Å². The summed E-state index contributed by atoms with van der Waals surface area (Å²) < 4.78 is 0. The number of aromatic nitrogens is 2. The molecule has 0 aliphatic carbocycles. The van der Waals surface area contributed by atoms with Crippen LogP contribution >= 0.6 is 11.3 Å². The second kappa shape index (κ2) is 8.17. The minimum Gasteiger partial charge on any atom is -0.355 e. The Balaban J connectivity index is 1.41. The molecule has 23 heavy (non-hydrogen) atoms. The third-order valence-electron chi connectivity index (χ3n) is 4.02. The Bertz CT molecular complexity index is 623. The first-order valence-electron chi connectivity index (χ1n) is 8.19. The summed E-state index contributed by atoms with van der Waals surface area (Å²) in [4.78, 5) is 20.7. The fourth-order valence-electron chi connectivity index (χ4n) is 2.73. The van der Waals surface area contributed by atoms with Crippen LogP contribution in [-0.4, -0.2) is 35.0 Å². The number of aryl methyl sites for hydroxylation is 1. The number of nitrogens with one attached hydrogen (secondary N) is 2. The Morgan fingerprint density at radius 3 is 3.00 bits per heavy atom. The highest BCUT2D eigenvalue weighted by Crippen LogP contribution is 2.21. The number of nitrogens with zero attached hydrogens (tertiary/aromatic N) is 2. The molecule has 2 aromatic rings. The highest BCUT2D eigenvalue weighted by atomic mass is 32.1.